The maximum absolute atomic E-state index is 14.0. The molecule has 2 rings (SSSR count). The molecule has 0 saturated carbocycles. The summed E-state index contributed by atoms with van der Waals surface area (Å²) in [6.45, 7) is 3.35. The molecule has 0 aliphatic carbocycles. The van der Waals surface area contributed by atoms with Gasteiger partial charge in [0.05, 0.1) is 25.0 Å². The van der Waals surface area contributed by atoms with E-state index in [0.717, 1.165) is 5.56 Å². The van der Waals surface area contributed by atoms with Crippen LogP contribution < -0.4 is 10.6 Å². The second-order valence-electron chi connectivity index (χ2n) is 4.59. The van der Waals surface area contributed by atoms with Crippen LogP contribution in [0.5, 0.6) is 0 Å². The zero-order chi connectivity index (χ0) is 13.1. The Morgan fingerprint density at radius 3 is 3.06 bits per heavy atom. The SMILES string of the molecule is C[C@H](N)c1cccc(F)c1N1CCOC(CO)C1. The van der Waals surface area contributed by atoms with Gasteiger partial charge in [-0.3, -0.25) is 0 Å². The molecule has 18 heavy (non-hydrogen) atoms. The highest BCUT2D eigenvalue weighted by molar-refractivity contribution is 5.56. The highest BCUT2D eigenvalue weighted by atomic mass is 19.1. The molecule has 5 heteroatoms. The van der Waals surface area contributed by atoms with Crippen LogP contribution in [-0.4, -0.2) is 37.5 Å². The number of morpholine rings is 1. The molecule has 1 aliphatic heterocycles. The van der Waals surface area contributed by atoms with Crippen molar-refractivity contribution in [2.24, 2.45) is 5.73 Å². The van der Waals surface area contributed by atoms with Crippen molar-refractivity contribution in [2.75, 3.05) is 31.2 Å². The Morgan fingerprint density at radius 2 is 2.39 bits per heavy atom. The summed E-state index contributed by atoms with van der Waals surface area (Å²) in [5.41, 5.74) is 7.21. The molecule has 0 radical (unpaired) electrons. The van der Waals surface area contributed by atoms with Crippen molar-refractivity contribution in [2.45, 2.75) is 19.1 Å². The third-order valence-corrected chi connectivity index (χ3v) is 3.17. The molecular weight excluding hydrogens is 235 g/mol. The van der Waals surface area contributed by atoms with E-state index in [0.29, 0.717) is 25.4 Å². The van der Waals surface area contributed by atoms with Crippen LogP contribution in [0, 0.1) is 5.82 Å². The summed E-state index contributed by atoms with van der Waals surface area (Å²) >= 11 is 0. The fourth-order valence-electron chi connectivity index (χ4n) is 2.27. The van der Waals surface area contributed by atoms with E-state index in [2.05, 4.69) is 0 Å². The third kappa shape index (κ3) is 2.63. The van der Waals surface area contributed by atoms with Crippen LogP contribution in [0.1, 0.15) is 18.5 Å². The molecule has 1 unspecified atom stereocenters. The zero-order valence-electron chi connectivity index (χ0n) is 10.5. The number of rotatable bonds is 3. The van der Waals surface area contributed by atoms with E-state index in [1.54, 1.807) is 6.07 Å². The normalized spacial score (nSPS) is 22.0. The largest absolute Gasteiger partial charge is 0.394 e. The summed E-state index contributed by atoms with van der Waals surface area (Å²) < 4.78 is 19.4. The second-order valence-corrected chi connectivity index (χ2v) is 4.59. The Morgan fingerprint density at radius 1 is 1.61 bits per heavy atom. The van der Waals surface area contributed by atoms with Gasteiger partial charge in [-0.2, -0.15) is 0 Å². The van der Waals surface area contributed by atoms with Gasteiger partial charge in [-0.25, -0.2) is 4.39 Å². The maximum Gasteiger partial charge on any atom is 0.146 e. The van der Waals surface area contributed by atoms with Crippen LogP contribution in [0.3, 0.4) is 0 Å². The van der Waals surface area contributed by atoms with Gasteiger partial charge < -0.3 is 20.5 Å². The molecule has 1 heterocycles. The van der Waals surface area contributed by atoms with Crippen LogP contribution in [0.2, 0.25) is 0 Å². The number of hydrogen-bond donors (Lipinski definition) is 2. The number of nitrogens with two attached hydrogens (primary N) is 1. The number of ether oxygens (including phenoxy) is 1. The van der Waals surface area contributed by atoms with E-state index >= 15 is 0 Å². The van der Waals surface area contributed by atoms with E-state index < -0.39 is 0 Å². The first-order valence-corrected chi connectivity index (χ1v) is 6.15. The van der Waals surface area contributed by atoms with Gasteiger partial charge in [-0.15, -0.1) is 0 Å². The van der Waals surface area contributed by atoms with Gasteiger partial charge in [0.1, 0.15) is 5.82 Å². The molecule has 4 nitrogen and oxygen atoms in total. The molecule has 1 saturated heterocycles. The molecule has 1 aromatic carbocycles. The standard InChI is InChI=1S/C13H19FN2O2/c1-9(15)11-3-2-4-12(14)13(11)16-5-6-18-10(7-16)8-17/h2-4,9-10,17H,5-8,15H2,1H3/t9-,10?/m0/s1. The van der Waals surface area contributed by atoms with Crippen molar-refractivity contribution in [1.82, 2.24) is 0 Å². The number of para-hydroxylation sites is 1. The Labute approximate surface area is 106 Å². The van der Waals surface area contributed by atoms with Gasteiger partial charge >= 0.3 is 0 Å². The monoisotopic (exact) mass is 254 g/mol. The topological polar surface area (TPSA) is 58.7 Å². The minimum absolute atomic E-state index is 0.0571. The average Bonchev–Trinajstić information content (AvgIpc) is 2.38. The van der Waals surface area contributed by atoms with Gasteiger partial charge in [0.25, 0.3) is 0 Å². The van der Waals surface area contributed by atoms with Crippen LogP contribution in [-0.2, 0) is 4.74 Å². The number of halogens is 1. The van der Waals surface area contributed by atoms with Crippen LogP contribution in [0.25, 0.3) is 0 Å². The molecule has 1 aromatic rings. The number of aliphatic hydroxyl groups excluding tert-OH is 1. The first-order valence-electron chi connectivity index (χ1n) is 6.15. The first-order chi connectivity index (χ1) is 8.63. The predicted octanol–water partition coefficient (Wildman–Crippen LogP) is 1.04. The molecule has 0 bridgehead atoms. The Balaban J connectivity index is 2.31. The third-order valence-electron chi connectivity index (χ3n) is 3.17. The Kier molecular flexibility index (Phi) is 4.16. The fourth-order valence-corrected chi connectivity index (χ4v) is 2.27. The molecule has 1 fully saturated rings. The van der Waals surface area contributed by atoms with E-state index in [4.69, 9.17) is 15.6 Å². The van der Waals surface area contributed by atoms with Crippen molar-refractivity contribution in [3.63, 3.8) is 0 Å². The van der Waals surface area contributed by atoms with E-state index in [-0.39, 0.29) is 24.6 Å². The van der Waals surface area contributed by atoms with Crippen molar-refractivity contribution in [3.8, 4) is 0 Å². The molecule has 0 amide bonds. The summed E-state index contributed by atoms with van der Waals surface area (Å²) in [6.07, 6.45) is -0.265. The zero-order valence-corrected chi connectivity index (χ0v) is 10.5. The lowest BCUT2D eigenvalue weighted by Crippen LogP contribution is -2.45. The smallest absolute Gasteiger partial charge is 0.146 e. The quantitative estimate of drug-likeness (QED) is 0.846. The van der Waals surface area contributed by atoms with Gasteiger partial charge in [0, 0.05) is 19.1 Å². The lowest BCUT2D eigenvalue weighted by molar-refractivity contribution is 0.00335. The highest BCUT2D eigenvalue weighted by Crippen LogP contribution is 2.29. The fraction of sp³-hybridized carbons (Fsp3) is 0.538. The number of anilines is 1. The van der Waals surface area contributed by atoms with E-state index in [9.17, 15) is 4.39 Å². The van der Waals surface area contributed by atoms with Gasteiger partial charge in [0.15, 0.2) is 0 Å². The first kappa shape index (κ1) is 13.3. The van der Waals surface area contributed by atoms with E-state index in [1.807, 2.05) is 17.9 Å². The van der Waals surface area contributed by atoms with Gasteiger partial charge in [0.2, 0.25) is 0 Å². The number of benzene rings is 1. The van der Waals surface area contributed by atoms with Crippen LogP contribution in [0.15, 0.2) is 18.2 Å². The lowest BCUT2D eigenvalue weighted by atomic mass is 10.0. The van der Waals surface area contributed by atoms with Crippen molar-refractivity contribution >= 4 is 5.69 Å². The highest BCUT2D eigenvalue weighted by Gasteiger charge is 2.24. The van der Waals surface area contributed by atoms with Gasteiger partial charge in [-0.1, -0.05) is 12.1 Å². The second kappa shape index (κ2) is 5.65. The van der Waals surface area contributed by atoms with Crippen molar-refractivity contribution in [3.05, 3.63) is 29.6 Å². The summed E-state index contributed by atoms with van der Waals surface area (Å²) in [7, 11) is 0. The minimum Gasteiger partial charge on any atom is -0.394 e. The Hall–Kier alpha value is -1.17. The predicted molar refractivity (Wildman–Crippen MR) is 68.0 cm³/mol. The maximum atomic E-state index is 14.0. The molecule has 100 valence electrons. The summed E-state index contributed by atoms with van der Waals surface area (Å²) in [5, 5.41) is 9.13. The summed E-state index contributed by atoms with van der Waals surface area (Å²) in [6, 6.07) is 4.71. The molecule has 3 N–H and O–H groups in total. The van der Waals surface area contributed by atoms with Crippen LogP contribution in [0.4, 0.5) is 10.1 Å². The number of nitrogens with zero attached hydrogens (tertiary/aromatic N) is 1. The van der Waals surface area contributed by atoms with Crippen molar-refractivity contribution in [1.29, 1.82) is 0 Å². The number of aliphatic hydroxyl groups is 1. The van der Waals surface area contributed by atoms with E-state index in [1.165, 1.54) is 6.07 Å². The van der Waals surface area contributed by atoms with Gasteiger partial charge in [-0.05, 0) is 18.6 Å². The van der Waals surface area contributed by atoms with Crippen molar-refractivity contribution < 1.29 is 14.2 Å². The average molecular weight is 254 g/mol. The minimum atomic E-state index is -0.275. The Bertz CT molecular complexity index is 412. The number of hydrogen-bond acceptors (Lipinski definition) is 4. The lowest BCUT2D eigenvalue weighted by Gasteiger charge is -2.35. The van der Waals surface area contributed by atoms with Crippen LogP contribution >= 0.6 is 0 Å². The molecule has 0 spiro atoms. The summed E-state index contributed by atoms with van der Waals surface area (Å²) in [5.74, 6) is -0.275. The summed E-state index contributed by atoms with van der Waals surface area (Å²) in [4.78, 5) is 1.90. The molecule has 0 aromatic heterocycles. The molecular formula is C13H19FN2O2. The molecule has 2 atom stereocenters. The molecule has 1 aliphatic rings.